The van der Waals surface area contributed by atoms with Crippen molar-refractivity contribution in [1.82, 2.24) is 10.6 Å². The van der Waals surface area contributed by atoms with Crippen LogP contribution in [0.2, 0.25) is 10.0 Å². The first-order valence-corrected chi connectivity index (χ1v) is 13.1. The summed E-state index contributed by atoms with van der Waals surface area (Å²) in [5.41, 5.74) is -0.836. The molecule has 0 saturated carbocycles. The normalized spacial score (nSPS) is 20.9. The van der Waals surface area contributed by atoms with E-state index in [4.69, 9.17) is 27.9 Å². The zero-order valence-electron chi connectivity index (χ0n) is 21.2. The van der Waals surface area contributed by atoms with E-state index in [-0.39, 0.29) is 29.7 Å². The standard InChI is InChI=1S/C26H28Cl2F4N4O3/c1-25(2,39-22-8-3-14(27)9-19(22)28)23(37)34-16-10-17-5-6-18(11-16)36(17)21-7-4-15(12-20(21)29)35-24(38)33-13-26(30,31)32/h3-4,7-9,12,16-18H,5-6,10-11,13H2,1-2H3,(H,34,37)(H2,33,35,38)/t16?,17-,18+. The van der Waals surface area contributed by atoms with Crippen LogP contribution in [-0.2, 0) is 4.79 Å². The van der Waals surface area contributed by atoms with E-state index >= 15 is 4.39 Å². The van der Waals surface area contributed by atoms with Crippen LogP contribution < -0.4 is 25.6 Å². The summed E-state index contributed by atoms with van der Waals surface area (Å²) in [5.74, 6) is -0.573. The summed E-state index contributed by atoms with van der Waals surface area (Å²) < 4.78 is 57.8. The smallest absolute Gasteiger partial charge is 0.405 e. The predicted octanol–water partition coefficient (Wildman–Crippen LogP) is 6.29. The Kier molecular flexibility index (Phi) is 8.41. The molecule has 39 heavy (non-hydrogen) atoms. The lowest BCUT2D eigenvalue weighted by Crippen LogP contribution is -2.55. The van der Waals surface area contributed by atoms with Gasteiger partial charge in [-0.3, -0.25) is 4.79 Å². The molecule has 2 bridgehead atoms. The number of anilines is 2. The number of nitrogens with one attached hydrogen (secondary N) is 3. The molecular formula is C26H28Cl2F4N4O3. The van der Waals surface area contributed by atoms with E-state index < -0.39 is 30.2 Å². The summed E-state index contributed by atoms with van der Waals surface area (Å²) in [6.07, 6.45) is -1.73. The van der Waals surface area contributed by atoms with Gasteiger partial charge < -0.3 is 25.6 Å². The average molecular weight is 591 g/mol. The van der Waals surface area contributed by atoms with Crippen LogP contribution in [-0.4, -0.2) is 48.4 Å². The van der Waals surface area contributed by atoms with Crippen molar-refractivity contribution >= 4 is 46.5 Å². The van der Waals surface area contributed by atoms with Gasteiger partial charge in [0.25, 0.3) is 5.91 Å². The number of benzene rings is 2. The lowest BCUT2D eigenvalue weighted by molar-refractivity contribution is -0.135. The number of urea groups is 1. The Morgan fingerprint density at radius 1 is 1.05 bits per heavy atom. The fourth-order valence-corrected chi connectivity index (χ4v) is 5.52. The maximum Gasteiger partial charge on any atom is 0.405 e. The molecule has 13 heteroatoms. The van der Waals surface area contributed by atoms with Crippen LogP contribution in [0.1, 0.15) is 39.5 Å². The van der Waals surface area contributed by atoms with Crippen LogP contribution in [0, 0.1) is 5.82 Å². The zero-order valence-corrected chi connectivity index (χ0v) is 22.7. The second-order valence-electron chi connectivity index (χ2n) is 10.2. The predicted molar refractivity (Wildman–Crippen MR) is 141 cm³/mol. The highest BCUT2D eigenvalue weighted by molar-refractivity contribution is 6.35. The molecule has 3 amide bonds. The summed E-state index contributed by atoms with van der Waals surface area (Å²) in [6, 6.07) is 7.52. The van der Waals surface area contributed by atoms with E-state index in [1.165, 1.54) is 18.2 Å². The van der Waals surface area contributed by atoms with Crippen molar-refractivity contribution in [2.75, 3.05) is 16.8 Å². The van der Waals surface area contributed by atoms with E-state index in [1.807, 2.05) is 4.90 Å². The summed E-state index contributed by atoms with van der Waals surface area (Å²) in [5, 5.41) is 7.69. The van der Waals surface area contributed by atoms with Gasteiger partial charge in [0, 0.05) is 28.8 Å². The molecule has 212 valence electrons. The zero-order chi connectivity index (χ0) is 28.5. The molecule has 2 aromatic carbocycles. The van der Waals surface area contributed by atoms with Crippen molar-refractivity contribution in [1.29, 1.82) is 0 Å². The number of fused-ring (bicyclic) bond motifs is 2. The van der Waals surface area contributed by atoms with Crippen LogP contribution >= 0.6 is 23.2 Å². The monoisotopic (exact) mass is 590 g/mol. The van der Waals surface area contributed by atoms with Gasteiger partial charge in [-0.2, -0.15) is 13.2 Å². The van der Waals surface area contributed by atoms with Crippen LogP contribution in [0.5, 0.6) is 5.75 Å². The number of amides is 3. The number of piperidine rings is 1. The molecular weight excluding hydrogens is 563 g/mol. The van der Waals surface area contributed by atoms with Crippen molar-refractivity contribution in [3.63, 3.8) is 0 Å². The molecule has 2 heterocycles. The minimum Gasteiger partial charge on any atom is -0.476 e. The first-order valence-electron chi connectivity index (χ1n) is 12.4. The fourth-order valence-electron chi connectivity index (χ4n) is 5.08. The largest absolute Gasteiger partial charge is 0.476 e. The number of carbonyl (C=O) groups is 2. The number of alkyl halides is 3. The summed E-state index contributed by atoms with van der Waals surface area (Å²) in [7, 11) is 0. The lowest BCUT2D eigenvalue weighted by Gasteiger charge is -2.41. The molecule has 3 atom stereocenters. The molecule has 0 radical (unpaired) electrons. The molecule has 2 fully saturated rings. The summed E-state index contributed by atoms with van der Waals surface area (Å²) >= 11 is 12.1. The number of halogens is 6. The molecule has 2 saturated heterocycles. The van der Waals surface area contributed by atoms with Gasteiger partial charge in [-0.15, -0.1) is 0 Å². The third-order valence-corrected chi connectivity index (χ3v) is 7.34. The van der Waals surface area contributed by atoms with Crippen LogP contribution in [0.15, 0.2) is 36.4 Å². The van der Waals surface area contributed by atoms with Crippen molar-refractivity contribution in [3.05, 3.63) is 52.3 Å². The maximum atomic E-state index is 15.1. The molecule has 0 aromatic heterocycles. The Balaban J connectivity index is 1.36. The number of hydrogen-bond donors (Lipinski definition) is 3. The molecule has 2 aromatic rings. The maximum absolute atomic E-state index is 15.1. The highest BCUT2D eigenvalue weighted by atomic mass is 35.5. The fraction of sp³-hybridized carbons (Fsp3) is 0.462. The first-order chi connectivity index (χ1) is 18.2. The Morgan fingerprint density at radius 2 is 1.72 bits per heavy atom. The summed E-state index contributed by atoms with van der Waals surface area (Å²) in [4.78, 5) is 26.8. The Morgan fingerprint density at radius 3 is 2.31 bits per heavy atom. The van der Waals surface area contributed by atoms with E-state index in [0.29, 0.717) is 34.3 Å². The topological polar surface area (TPSA) is 82.7 Å². The van der Waals surface area contributed by atoms with Crippen LogP contribution in [0.4, 0.5) is 33.7 Å². The molecule has 4 rings (SSSR count). The van der Waals surface area contributed by atoms with Crippen molar-refractivity contribution in [3.8, 4) is 5.75 Å². The molecule has 2 aliphatic rings. The van der Waals surface area contributed by atoms with Gasteiger partial charge in [-0.05, 0) is 75.9 Å². The molecule has 2 aliphatic heterocycles. The highest BCUT2D eigenvalue weighted by Crippen LogP contribution is 2.41. The number of nitrogens with zero attached hydrogens (tertiary/aromatic N) is 1. The van der Waals surface area contributed by atoms with Crippen molar-refractivity contribution in [2.24, 2.45) is 0 Å². The van der Waals surface area contributed by atoms with Crippen LogP contribution in [0.3, 0.4) is 0 Å². The quantitative estimate of drug-likeness (QED) is 0.331. The third kappa shape index (κ3) is 7.19. The number of rotatable bonds is 7. The molecule has 0 aliphatic carbocycles. The Labute approximate surface area is 233 Å². The van der Waals surface area contributed by atoms with Gasteiger partial charge in [0.2, 0.25) is 0 Å². The van der Waals surface area contributed by atoms with Gasteiger partial charge in [-0.25, -0.2) is 9.18 Å². The second-order valence-corrected chi connectivity index (χ2v) is 11.1. The van der Waals surface area contributed by atoms with Gasteiger partial charge in [0.1, 0.15) is 18.1 Å². The van der Waals surface area contributed by atoms with E-state index in [0.717, 1.165) is 18.9 Å². The molecule has 3 N–H and O–H groups in total. The first kappa shape index (κ1) is 29.1. The highest BCUT2D eigenvalue weighted by Gasteiger charge is 2.43. The number of carbonyl (C=O) groups excluding carboxylic acids is 2. The Bertz CT molecular complexity index is 1230. The van der Waals surface area contributed by atoms with Crippen molar-refractivity contribution < 1.29 is 31.9 Å². The Hall–Kier alpha value is -2.92. The SMILES string of the molecule is CC(C)(Oc1ccc(Cl)cc1Cl)C(=O)NC1C[C@H]2CC[C@@H](C1)N2c1ccc(NC(=O)NCC(F)(F)F)cc1F. The second kappa shape index (κ2) is 11.3. The molecule has 1 unspecified atom stereocenters. The van der Waals surface area contributed by atoms with Gasteiger partial charge >= 0.3 is 12.2 Å². The molecule has 0 spiro atoms. The van der Waals surface area contributed by atoms with E-state index in [1.54, 1.807) is 31.3 Å². The van der Waals surface area contributed by atoms with E-state index in [2.05, 4.69) is 10.6 Å². The van der Waals surface area contributed by atoms with Crippen LogP contribution in [0.25, 0.3) is 0 Å². The minimum absolute atomic E-state index is 0.0211. The minimum atomic E-state index is -4.55. The van der Waals surface area contributed by atoms with Gasteiger partial charge in [-0.1, -0.05) is 23.2 Å². The summed E-state index contributed by atoms with van der Waals surface area (Å²) in [6.45, 7) is 1.79. The third-order valence-electron chi connectivity index (χ3n) is 6.81. The van der Waals surface area contributed by atoms with Crippen molar-refractivity contribution in [2.45, 2.75) is 69.4 Å². The molecule has 7 nitrogen and oxygen atoms in total. The van der Waals surface area contributed by atoms with Gasteiger partial charge in [0.15, 0.2) is 5.60 Å². The number of ether oxygens (including phenoxy) is 1. The lowest BCUT2D eigenvalue weighted by atomic mass is 9.95. The average Bonchev–Trinajstić information content (AvgIpc) is 3.08. The van der Waals surface area contributed by atoms with E-state index in [9.17, 15) is 22.8 Å². The number of hydrogen-bond acceptors (Lipinski definition) is 4. The van der Waals surface area contributed by atoms with Gasteiger partial charge in [0.05, 0.1) is 10.7 Å².